The van der Waals surface area contributed by atoms with Gasteiger partial charge in [0.1, 0.15) is 0 Å². The van der Waals surface area contributed by atoms with Gasteiger partial charge in [-0.15, -0.1) is 0 Å². The molecule has 1 aliphatic heterocycles. The molecular formula is C15H23N3O2S. The molecule has 0 radical (unpaired) electrons. The first-order chi connectivity index (χ1) is 10.1. The first-order valence-electron chi connectivity index (χ1n) is 7.71. The van der Waals surface area contributed by atoms with Crippen LogP contribution < -0.4 is 5.32 Å². The SMILES string of the molecule is O=S1(=O)CCCN(Cc2ccc(CNC3CC3)cn2)CC1. The summed E-state index contributed by atoms with van der Waals surface area (Å²) in [4.78, 5) is 6.70. The minimum absolute atomic E-state index is 0.274. The molecule has 1 saturated carbocycles. The van der Waals surface area contributed by atoms with E-state index < -0.39 is 9.84 Å². The minimum atomic E-state index is -2.83. The van der Waals surface area contributed by atoms with Gasteiger partial charge in [-0.1, -0.05) is 6.07 Å². The van der Waals surface area contributed by atoms with Crippen molar-refractivity contribution in [3.63, 3.8) is 0 Å². The highest BCUT2D eigenvalue weighted by Gasteiger charge is 2.20. The monoisotopic (exact) mass is 309 g/mol. The lowest BCUT2D eigenvalue weighted by atomic mass is 10.2. The van der Waals surface area contributed by atoms with Crippen LogP contribution in [0.5, 0.6) is 0 Å². The number of nitrogens with zero attached hydrogens (tertiary/aromatic N) is 2. The molecule has 3 rings (SSSR count). The van der Waals surface area contributed by atoms with E-state index in [1.54, 1.807) is 0 Å². The van der Waals surface area contributed by atoms with Crippen molar-refractivity contribution in [2.45, 2.75) is 38.4 Å². The highest BCUT2D eigenvalue weighted by Crippen LogP contribution is 2.19. The molecule has 1 N–H and O–H groups in total. The third-order valence-electron chi connectivity index (χ3n) is 4.09. The van der Waals surface area contributed by atoms with E-state index in [9.17, 15) is 8.42 Å². The molecule has 0 atom stereocenters. The number of pyridine rings is 1. The second kappa shape index (κ2) is 6.42. The van der Waals surface area contributed by atoms with Gasteiger partial charge in [-0.2, -0.15) is 0 Å². The van der Waals surface area contributed by atoms with Crippen LogP contribution in [0.15, 0.2) is 18.3 Å². The summed E-state index contributed by atoms with van der Waals surface area (Å²) in [6.45, 7) is 3.09. The van der Waals surface area contributed by atoms with E-state index >= 15 is 0 Å². The number of hydrogen-bond donors (Lipinski definition) is 1. The van der Waals surface area contributed by atoms with Crippen molar-refractivity contribution in [2.24, 2.45) is 0 Å². The Morgan fingerprint density at radius 1 is 1.24 bits per heavy atom. The molecule has 2 aliphatic rings. The Morgan fingerprint density at radius 3 is 2.81 bits per heavy atom. The zero-order chi connectivity index (χ0) is 14.7. The number of rotatable bonds is 5. The van der Waals surface area contributed by atoms with Crippen molar-refractivity contribution >= 4 is 9.84 Å². The van der Waals surface area contributed by atoms with Crippen LogP contribution in [0.25, 0.3) is 0 Å². The molecule has 1 aromatic heterocycles. The fourth-order valence-electron chi connectivity index (χ4n) is 2.58. The first-order valence-corrected chi connectivity index (χ1v) is 9.53. The Kier molecular flexibility index (Phi) is 4.57. The van der Waals surface area contributed by atoms with Gasteiger partial charge in [0.25, 0.3) is 0 Å². The standard InChI is InChI=1S/C15H23N3O2S/c19-21(20)8-1-6-18(7-9-21)12-15-3-2-13(11-17-15)10-16-14-4-5-14/h2-3,11,14,16H,1,4-10,12H2. The Labute approximate surface area is 126 Å². The summed E-state index contributed by atoms with van der Waals surface area (Å²) < 4.78 is 23.2. The predicted molar refractivity (Wildman–Crippen MR) is 82.6 cm³/mol. The number of hydrogen-bond acceptors (Lipinski definition) is 5. The number of sulfone groups is 1. The van der Waals surface area contributed by atoms with E-state index in [0.717, 1.165) is 31.7 Å². The van der Waals surface area contributed by atoms with E-state index in [1.807, 2.05) is 6.20 Å². The van der Waals surface area contributed by atoms with Crippen LogP contribution in [-0.2, 0) is 22.9 Å². The summed E-state index contributed by atoms with van der Waals surface area (Å²) in [5.41, 5.74) is 2.23. The highest BCUT2D eigenvalue weighted by atomic mass is 32.2. The molecule has 0 aromatic carbocycles. The molecule has 1 aromatic rings. The van der Waals surface area contributed by atoms with Gasteiger partial charge < -0.3 is 5.32 Å². The van der Waals surface area contributed by atoms with Crippen LogP contribution in [0.1, 0.15) is 30.5 Å². The predicted octanol–water partition coefficient (Wildman–Crippen LogP) is 0.954. The maximum absolute atomic E-state index is 11.6. The van der Waals surface area contributed by atoms with Gasteiger partial charge in [0.15, 0.2) is 9.84 Å². The van der Waals surface area contributed by atoms with Crippen LogP contribution in [-0.4, -0.2) is 48.9 Å². The van der Waals surface area contributed by atoms with Crippen molar-refractivity contribution in [1.82, 2.24) is 15.2 Å². The Balaban J connectivity index is 1.52. The summed E-state index contributed by atoms with van der Waals surface area (Å²) >= 11 is 0. The smallest absolute Gasteiger partial charge is 0.151 e. The van der Waals surface area contributed by atoms with Crippen LogP contribution >= 0.6 is 0 Å². The molecule has 2 heterocycles. The Bertz CT molecular complexity index is 567. The van der Waals surface area contributed by atoms with Gasteiger partial charge in [-0.3, -0.25) is 9.88 Å². The molecule has 0 bridgehead atoms. The Morgan fingerprint density at radius 2 is 2.10 bits per heavy atom. The summed E-state index contributed by atoms with van der Waals surface area (Å²) in [5.74, 6) is 0.596. The van der Waals surface area contributed by atoms with E-state index in [4.69, 9.17) is 0 Å². The third-order valence-corrected chi connectivity index (χ3v) is 5.81. The van der Waals surface area contributed by atoms with E-state index in [1.165, 1.54) is 18.4 Å². The van der Waals surface area contributed by atoms with Crippen molar-refractivity contribution in [3.05, 3.63) is 29.6 Å². The van der Waals surface area contributed by atoms with Crippen molar-refractivity contribution in [2.75, 3.05) is 24.6 Å². The normalized spacial score (nSPS) is 22.9. The van der Waals surface area contributed by atoms with Gasteiger partial charge in [0.2, 0.25) is 0 Å². The molecule has 6 heteroatoms. The Hall–Kier alpha value is -0.980. The second-order valence-corrected chi connectivity index (χ2v) is 8.40. The van der Waals surface area contributed by atoms with Gasteiger partial charge in [0.05, 0.1) is 17.2 Å². The topological polar surface area (TPSA) is 62.3 Å². The summed E-state index contributed by atoms with van der Waals surface area (Å²) in [6.07, 6.45) is 5.25. The van der Waals surface area contributed by atoms with Crippen LogP contribution in [0.4, 0.5) is 0 Å². The van der Waals surface area contributed by atoms with Crippen molar-refractivity contribution in [3.8, 4) is 0 Å². The number of nitrogens with one attached hydrogen (secondary N) is 1. The van der Waals surface area contributed by atoms with Gasteiger partial charge in [0, 0.05) is 31.9 Å². The molecule has 1 saturated heterocycles. The first kappa shape index (κ1) is 14.9. The van der Waals surface area contributed by atoms with E-state index in [2.05, 4.69) is 27.3 Å². The maximum Gasteiger partial charge on any atom is 0.151 e. The third kappa shape index (κ3) is 4.76. The lowest BCUT2D eigenvalue weighted by molar-refractivity contribution is 0.284. The van der Waals surface area contributed by atoms with Crippen LogP contribution in [0, 0.1) is 0 Å². The molecule has 2 fully saturated rings. The molecular weight excluding hydrogens is 286 g/mol. The maximum atomic E-state index is 11.6. The molecule has 0 amide bonds. The van der Waals surface area contributed by atoms with Crippen LogP contribution in [0.3, 0.4) is 0 Å². The molecule has 1 aliphatic carbocycles. The largest absolute Gasteiger partial charge is 0.310 e. The van der Waals surface area contributed by atoms with E-state index in [0.29, 0.717) is 18.3 Å². The molecule has 5 nitrogen and oxygen atoms in total. The lowest BCUT2D eigenvalue weighted by Crippen LogP contribution is -2.27. The number of aromatic nitrogens is 1. The fraction of sp³-hybridized carbons (Fsp3) is 0.667. The minimum Gasteiger partial charge on any atom is -0.310 e. The molecule has 0 unspecified atom stereocenters. The summed E-state index contributed by atoms with van der Waals surface area (Å²) in [7, 11) is -2.83. The lowest BCUT2D eigenvalue weighted by Gasteiger charge is -2.18. The second-order valence-electron chi connectivity index (χ2n) is 6.09. The summed E-state index contributed by atoms with van der Waals surface area (Å²) in [5, 5.41) is 3.47. The zero-order valence-electron chi connectivity index (χ0n) is 12.3. The van der Waals surface area contributed by atoms with Crippen LogP contribution in [0.2, 0.25) is 0 Å². The highest BCUT2D eigenvalue weighted by molar-refractivity contribution is 7.91. The quantitative estimate of drug-likeness (QED) is 0.877. The van der Waals surface area contributed by atoms with Gasteiger partial charge >= 0.3 is 0 Å². The molecule has 21 heavy (non-hydrogen) atoms. The molecule has 0 spiro atoms. The van der Waals surface area contributed by atoms with Gasteiger partial charge in [-0.25, -0.2) is 8.42 Å². The molecule has 116 valence electrons. The average molecular weight is 309 g/mol. The summed E-state index contributed by atoms with van der Waals surface area (Å²) in [6, 6.07) is 4.89. The van der Waals surface area contributed by atoms with E-state index in [-0.39, 0.29) is 5.75 Å². The van der Waals surface area contributed by atoms with Gasteiger partial charge in [-0.05, 0) is 37.4 Å². The van der Waals surface area contributed by atoms with Crippen molar-refractivity contribution < 1.29 is 8.42 Å². The van der Waals surface area contributed by atoms with Crippen molar-refractivity contribution in [1.29, 1.82) is 0 Å². The fourth-order valence-corrected chi connectivity index (χ4v) is 3.89. The zero-order valence-corrected chi connectivity index (χ0v) is 13.1. The average Bonchev–Trinajstić information content (AvgIpc) is 3.28.